The van der Waals surface area contributed by atoms with Crippen LogP contribution in [0.1, 0.15) is 34.5 Å². The van der Waals surface area contributed by atoms with Gasteiger partial charge in [-0.15, -0.1) is 28.0 Å². The molecule has 32 heavy (non-hydrogen) atoms. The van der Waals surface area contributed by atoms with E-state index in [0.29, 0.717) is 5.92 Å². The van der Waals surface area contributed by atoms with Crippen LogP contribution >= 0.6 is 31.3 Å². The van der Waals surface area contributed by atoms with E-state index < -0.39 is 49.2 Å². The highest BCUT2D eigenvalue weighted by atomic mass is 35.5. The van der Waals surface area contributed by atoms with Crippen molar-refractivity contribution in [3.05, 3.63) is 0 Å². The number of halogens is 1. The molecule has 2 aliphatic rings. The molecule has 2 saturated heterocycles. The Morgan fingerprint density at radius 1 is 1.34 bits per heavy atom. The molecule has 5 N–H and O–H groups in total. The van der Waals surface area contributed by atoms with Crippen LogP contribution in [0.3, 0.4) is 0 Å². The van der Waals surface area contributed by atoms with Crippen LogP contribution in [0.25, 0.3) is 0 Å². The summed E-state index contributed by atoms with van der Waals surface area (Å²) >= 11 is 7.55. The van der Waals surface area contributed by atoms with Crippen molar-refractivity contribution in [2.75, 3.05) is 19.8 Å². The Morgan fingerprint density at radius 3 is 2.41 bits per heavy atom. The Labute approximate surface area is 199 Å². The lowest BCUT2D eigenvalue weighted by Gasteiger charge is -2.44. The van der Waals surface area contributed by atoms with Crippen molar-refractivity contribution in [1.82, 2.24) is 10.2 Å². The van der Waals surface area contributed by atoms with Crippen LogP contribution in [0.4, 0.5) is 0 Å². The van der Waals surface area contributed by atoms with Gasteiger partial charge in [-0.1, -0.05) is 13.3 Å². The molecule has 9 atom stereocenters. The lowest BCUT2D eigenvalue weighted by Crippen LogP contribution is -2.65. The monoisotopic (exact) mass is 522 g/mol. The molecule has 2 heterocycles. The van der Waals surface area contributed by atoms with Gasteiger partial charge in [-0.25, -0.2) is 14.4 Å². The van der Waals surface area contributed by atoms with Crippen LogP contribution < -0.4 is 5.32 Å². The summed E-state index contributed by atoms with van der Waals surface area (Å²) in [5.74, 6) is 0.350. The summed E-state index contributed by atoms with van der Waals surface area (Å²) in [6.45, 7) is 4.74. The zero-order chi connectivity index (χ0) is 24.6. The van der Waals surface area contributed by atoms with Crippen molar-refractivity contribution in [2.24, 2.45) is 5.92 Å². The van der Waals surface area contributed by atoms with Crippen molar-refractivity contribution >= 4 is 37.2 Å². The number of aliphatic hydroxyl groups is 3. The average molecular weight is 523 g/mol. The molecule has 0 radical (unpaired) electrons. The number of alkyl halides is 1. The molecular weight excluding hydrogens is 487 g/mol. The van der Waals surface area contributed by atoms with Gasteiger partial charge in [0.2, 0.25) is 5.91 Å². The van der Waals surface area contributed by atoms with Crippen molar-refractivity contribution in [2.45, 2.75) is 80.4 Å². The Bertz CT molecular complexity index is 656. The van der Waals surface area contributed by atoms with Crippen LogP contribution in [0.2, 0.25) is 0 Å². The molecule has 0 aliphatic carbocycles. The summed E-state index contributed by atoms with van der Waals surface area (Å²) in [5.41, 5.74) is -0.702. The van der Waals surface area contributed by atoms with Gasteiger partial charge < -0.3 is 25.4 Å². The van der Waals surface area contributed by atoms with E-state index >= 15 is 0 Å². The average Bonchev–Trinajstić information content (AvgIpc) is 3.11. The smallest absolute Gasteiger partial charge is 0.388 e. The van der Waals surface area contributed by atoms with E-state index in [0.717, 1.165) is 25.8 Å². The zero-order valence-corrected chi connectivity index (χ0v) is 21.0. The van der Waals surface area contributed by atoms with Crippen molar-refractivity contribution < 1.29 is 45.3 Å². The number of hydrogen-bond acceptors (Lipinski definition) is 11. The van der Waals surface area contributed by atoms with Gasteiger partial charge in [0, 0.05) is 7.97 Å². The standard InChI is InChI=1S/C18H33ClN2O5S.HO4P.H2/c1-5-6-10-7-11(21(3)8-10)17(25)20-12(9(2)19)16-14(23)13(22)15(24)18(26-16)27-4;1-4-5(2)3;/h9-16,18,22-24H,5-8H2,1-4H3,(H,20,25);1H;1H/t9-,10+,11-,12?,13-,14+,15+,16+,18+;;/m0../s1. The van der Waals surface area contributed by atoms with E-state index in [1.54, 1.807) is 13.2 Å². The summed E-state index contributed by atoms with van der Waals surface area (Å²) in [6.07, 6.45) is -0.0980. The van der Waals surface area contributed by atoms with Gasteiger partial charge in [0.25, 0.3) is 0 Å². The minimum Gasteiger partial charge on any atom is -0.388 e. The Hall–Kier alpha value is -0.270. The molecule has 0 aromatic rings. The van der Waals surface area contributed by atoms with Crippen LogP contribution in [-0.4, -0.2) is 98.5 Å². The number of thioether (sulfide) groups is 1. The van der Waals surface area contributed by atoms with Gasteiger partial charge in [0.05, 0.1) is 17.5 Å². The summed E-state index contributed by atoms with van der Waals surface area (Å²) in [5, 5.41) is 40.1. The number of nitrogens with one attached hydrogen (secondary N) is 1. The third kappa shape index (κ3) is 8.19. The number of amides is 1. The summed E-state index contributed by atoms with van der Waals surface area (Å²) in [7, 11) is -1.10. The molecule has 11 nitrogen and oxygen atoms in total. The number of aliphatic hydroxyl groups excluding tert-OH is 3. The molecule has 1 unspecified atom stereocenters. The van der Waals surface area contributed by atoms with E-state index in [9.17, 15) is 20.1 Å². The summed E-state index contributed by atoms with van der Waals surface area (Å²) in [6, 6.07) is -0.934. The van der Waals surface area contributed by atoms with Crippen LogP contribution in [0, 0.1) is 5.92 Å². The quantitative estimate of drug-likeness (QED) is 0.134. The van der Waals surface area contributed by atoms with Gasteiger partial charge in [-0.2, -0.15) is 0 Å². The number of carbonyl (C=O) groups excluding carboxylic acids is 1. The van der Waals surface area contributed by atoms with Gasteiger partial charge in [0.1, 0.15) is 29.9 Å². The first kappa shape index (κ1) is 29.8. The number of carbonyl (C=O) groups is 1. The number of hydrogen-bond donors (Lipinski definition) is 5. The molecular formula is C18H36ClN2O9PS. The maximum absolute atomic E-state index is 12.9. The first-order valence-electron chi connectivity index (χ1n) is 10.3. The third-order valence-electron chi connectivity index (χ3n) is 5.70. The normalized spacial score (nSPS) is 34.8. The van der Waals surface area contributed by atoms with Crippen molar-refractivity contribution in [3.8, 4) is 0 Å². The van der Waals surface area contributed by atoms with E-state index in [1.807, 2.05) is 11.9 Å². The molecule has 2 aliphatic heterocycles. The fourth-order valence-electron chi connectivity index (χ4n) is 4.11. The molecule has 190 valence electrons. The highest BCUT2D eigenvalue weighted by molar-refractivity contribution is 7.99. The Kier molecular flexibility index (Phi) is 13.2. The maximum Gasteiger partial charge on any atom is 0.496 e. The highest BCUT2D eigenvalue weighted by Gasteiger charge is 2.48. The van der Waals surface area contributed by atoms with E-state index in [1.165, 1.54) is 11.8 Å². The van der Waals surface area contributed by atoms with Gasteiger partial charge in [0.15, 0.2) is 0 Å². The molecule has 1 amide bonds. The molecule has 0 aromatic carbocycles. The lowest BCUT2D eigenvalue weighted by atomic mass is 9.92. The van der Waals surface area contributed by atoms with Gasteiger partial charge in [-0.05, 0) is 39.0 Å². The fourth-order valence-corrected chi connectivity index (χ4v) is 5.00. The SMILES string of the molecule is CCC[C@@H]1C[C@@H](C(=O)NC([C@H](C)Cl)[C@H]2O[C@H](SC)[C@H](O)[C@@H](O)[C@H]2O)N(C)C1.O=P(=O)OO.[HH]. The largest absolute Gasteiger partial charge is 0.496 e. The topological polar surface area (TPSA) is 166 Å². The van der Waals surface area contributed by atoms with Crippen LogP contribution in [0.15, 0.2) is 0 Å². The number of likely N-dealkylation sites (N-methyl/N-ethyl adjacent to an activating group) is 1. The Balaban J connectivity index is 0.00000154. The van der Waals surface area contributed by atoms with Crippen LogP contribution in [-0.2, 0) is 23.3 Å². The minimum absolute atomic E-state index is 0. The van der Waals surface area contributed by atoms with Crippen molar-refractivity contribution in [3.63, 3.8) is 0 Å². The molecule has 0 saturated carbocycles. The highest BCUT2D eigenvalue weighted by Crippen LogP contribution is 2.31. The van der Waals surface area contributed by atoms with Gasteiger partial charge in [-0.3, -0.25) is 9.69 Å². The van der Waals surface area contributed by atoms with Crippen LogP contribution in [0.5, 0.6) is 0 Å². The molecule has 14 heteroatoms. The predicted octanol–water partition coefficient (Wildman–Crippen LogP) is 1.20. The predicted molar refractivity (Wildman–Crippen MR) is 121 cm³/mol. The molecule has 2 fully saturated rings. The molecule has 0 aromatic heterocycles. The number of nitrogens with zero attached hydrogens (tertiary/aromatic N) is 1. The van der Waals surface area contributed by atoms with Crippen molar-refractivity contribution in [1.29, 1.82) is 0 Å². The number of likely N-dealkylation sites (tertiary alicyclic amines) is 1. The number of ether oxygens (including phenoxy) is 1. The van der Waals surface area contributed by atoms with Gasteiger partial charge >= 0.3 is 7.91 Å². The summed E-state index contributed by atoms with van der Waals surface area (Å²) < 4.78 is 26.4. The van der Waals surface area contributed by atoms with E-state index in [4.69, 9.17) is 30.7 Å². The Morgan fingerprint density at radius 2 is 1.94 bits per heavy atom. The molecule has 0 bridgehead atoms. The second-order valence-electron chi connectivity index (χ2n) is 8.04. The zero-order valence-electron chi connectivity index (χ0n) is 18.5. The fraction of sp³-hybridized carbons (Fsp3) is 0.944. The minimum atomic E-state index is -3.04. The second kappa shape index (κ2) is 14.2. The third-order valence-corrected chi connectivity index (χ3v) is 6.96. The lowest BCUT2D eigenvalue weighted by molar-refractivity contribution is -0.205. The second-order valence-corrected chi connectivity index (χ2v) is 10.3. The summed E-state index contributed by atoms with van der Waals surface area (Å²) in [4.78, 5) is 14.9. The van der Waals surface area contributed by atoms with E-state index in [-0.39, 0.29) is 13.4 Å². The molecule has 0 spiro atoms. The van der Waals surface area contributed by atoms with E-state index in [2.05, 4.69) is 16.9 Å². The first-order chi connectivity index (χ1) is 15.0. The number of rotatable bonds is 8. The maximum atomic E-state index is 12.9. The first-order valence-corrected chi connectivity index (χ1v) is 13.1. The molecule has 2 rings (SSSR count).